The lowest BCUT2D eigenvalue weighted by atomic mass is 9.94. The number of carbonyl (C=O) groups excluding carboxylic acids is 1. The molecule has 1 aromatic rings. The van der Waals surface area contributed by atoms with Gasteiger partial charge in [0, 0.05) is 25.2 Å². The van der Waals surface area contributed by atoms with Crippen LogP contribution in [-0.2, 0) is 0 Å². The summed E-state index contributed by atoms with van der Waals surface area (Å²) in [6.45, 7) is 7.60. The number of hydrogen-bond donors (Lipinski definition) is 0. The molecule has 1 atom stereocenters. The van der Waals surface area contributed by atoms with E-state index in [1.54, 1.807) is 20.3 Å². The molecule has 3 rings (SSSR count). The highest BCUT2D eigenvalue weighted by atomic mass is 16.5. The number of amides is 1. The van der Waals surface area contributed by atoms with Crippen molar-refractivity contribution >= 4 is 5.91 Å². The average Bonchev–Trinajstić information content (AvgIpc) is 2.69. The molecule has 0 bridgehead atoms. The van der Waals surface area contributed by atoms with Crippen molar-refractivity contribution in [2.45, 2.75) is 32.6 Å². The van der Waals surface area contributed by atoms with Gasteiger partial charge in [-0.05, 0) is 68.8 Å². The summed E-state index contributed by atoms with van der Waals surface area (Å²) in [6, 6.07) is 5.43. The molecule has 2 heterocycles. The van der Waals surface area contributed by atoms with Crippen molar-refractivity contribution < 1.29 is 14.3 Å². The lowest BCUT2D eigenvalue weighted by Gasteiger charge is -2.38. The Bertz CT molecular complexity index is 611. The first kappa shape index (κ1) is 19.0. The van der Waals surface area contributed by atoms with Gasteiger partial charge in [0.2, 0.25) is 0 Å². The Morgan fingerprint density at radius 2 is 1.81 bits per heavy atom. The molecule has 0 N–H and O–H groups in total. The number of ether oxygens (including phenoxy) is 2. The highest BCUT2D eigenvalue weighted by molar-refractivity contribution is 5.95. The molecule has 1 amide bonds. The molecule has 2 aliphatic heterocycles. The number of benzene rings is 1. The molecule has 0 aliphatic carbocycles. The summed E-state index contributed by atoms with van der Waals surface area (Å²) in [4.78, 5) is 17.6. The topological polar surface area (TPSA) is 42.0 Å². The molecule has 0 aromatic heterocycles. The highest BCUT2D eigenvalue weighted by Gasteiger charge is 2.27. The van der Waals surface area contributed by atoms with Crippen LogP contribution in [0.5, 0.6) is 11.5 Å². The van der Waals surface area contributed by atoms with Crippen LogP contribution < -0.4 is 9.47 Å². The van der Waals surface area contributed by atoms with Crippen LogP contribution in [0.1, 0.15) is 43.0 Å². The van der Waals surface area contributed by atoms with Crippen molar-refractivity contribution in [1.82, 2.24) is 9.80 Å². The number of nitrogens with zero attached hydrogens (tertiary/aromatic N) is 2. The molecule has 2 fully saturated rings. The lowest BCUT2D eigenvalue weighted by Crippen LogP contribution is -2.45. The summed E-state index contributed by atoms with van der Waals surface area (Å²) in [5.41, 5.74) is 0.676. The van der Waals surface area contributed by atoms with E-state index in [-0.39, 0.29) is 5.91 Å². The summed E-state index contributed by atoms with van der Waals surface area (Å²) in [5.74, 6) is 2.80. The summed E-state index contributed by atoms with van der Waals surface area (Å²) in [6.07, 6.45) is 4.93. The summed E-state index contributed by atoms with van der Waals surface area (Å²) < 4.78 is 10.6. The molecule has 5 nitrogen and oxygen atoms in total. The fourth-order valence-electron chi connectivity index (χ4n) is 4.16. The van der Waals surface area contributed by atoms with E-state index >= 15 is 0 Å². The summed E-state index contributed by atoms with van der Waals surface area (Å²) in [7, 11) is 3.21. The molecular weight excluding hydrogens is 328 g/mol. The third-order valence-electron chi connectivity index (χ3n) is 5.83. The molecule has 0 unspecified atom stereocenters. The number of likely N-dealkylation sites (tertiary alicyclic amines) is 2. The minimum absolute atomic E-state index is 0.0999. The Morgan fingerprint density at radius 3 is 2.50 bits per heavy atom. The van der Waals surface area contributed by atoms with Gasteiger partial charge in [0.25, 0.3) is 5.91 Å². The van der Waals surface area contributed by atoms with Crippen molar-refractivity contribution in [3.63, 3.8) is 0 Å². The Hall–Kier alpha value is -1.75. The van der Waals surface area contributed by atoms with Crippen LogP contribution in [-0.4, -0.2) is 62.7 Å². The average molecular weight is 360 g/mol. The van der Waals surface area contributed by atoms with E-state index in [4.69, 9.17) is 9.47 Å². The van der Waals surface area contributed by atoms with E-state index in [1.807, 2.05) is 17.0 Å². The van der Waals surface area contributed by atoms with Gasteiger partial charge in [-0.2, -0.15) is 0 Å². The first-order valence-corrected chi connectivity index (χ1v) is 9.84. The molecular formula is C21H32N2O3. The van der Waals surface area contributed by atoms with E-state index < -0.39 is 0 Å². The van der Waals surface area contributed by atoms with Crippen molar-refractivity contribution in [3.8, 4) is 11.5 Å². The first-order chi connectivity index (χ1) is 12.6. The monoisotopic (exact) mass is 360 g/mol. The van der Waals surface area contributed by atoms with Crippen LogP contribution in [0.4, 0.5) is 0 Å². The van der Waals surface area contributed by atoms with E-state index in [0.717, 1.165) is 32.0 Å². The molecule has 1 aromatic carbocycles. The van der Waals surface area contributed by atoms with Crippen molar-refractivity contribution in [1.29, 1.82) is 0 Å². The van der Waals surface area contributed by atoms with Crippen LogP contribution in [0.2, 0.25) is 0 Å². The SMILES string of the molecule is COc1ccc(C(=O)N2CCC[C@@H](CN3CCC(C)CC3)C2)cc1OC. The summed E-state index contributed by atoms with van der Waals surface area (Å²) >= 11 is 0. The summed E-state index contributed by atoms with van der Waals surface area (Å²) in [5, 5.41) is 0. The van der Waals surface area contributed by atoms with Gasteiger partial charge in [-0.3, -0.25) is 4.79 Å². The first-order valence-electron chi connectivity index (χ1n) is 9.84. The van der Waals surface area contributed by atoms with E-state index in [9.17, 15) is 4.79 Å². The van der Waals surface area contributed by atoms with Gasteiger partial charge < -0.3 is 19.3 Å². The molecule has 26 heavy (non-hydrogen) atoms. The van der Waals surface area contributed by atoms with Crippen molar-refractivity contribution in [3.05, 3.63) is 23.8 Å². The minimum Gasteiger partial charge on any atom is -0.493 e. The van der Waals surface area contributed by atoms with E-state index in [2.05, 4.69) is 11.8 Å². The smallest absolute Gasteiger partial charge is 0.254 e. The second-order valence-electron chi connectivity index (χ2n) is 7.81. The Balaban J connectivity index is 1.61. The van der Waals surface area contributed by atoms with Gasteiger partial charge in [0.05, 0.1) is 14.2 Å². The zero-order valence-electron chi connectivity index (χ0n) is 16.4. The largest absolute Gasteiger partial charge is 0.493 e. The third-order valence-corrected chi connectivity index (χ3v) is 5.83. The zero-order valence-corrected chi connectivity index (χ0v) is 16.4. The second-order valence-corrected chi connectivity index (χ2v) is 7.81. The predicted molar refractivity (Wildman–Crippen MR) is 103 cm³/mol. The number of carbonyl (C=O) groups is 1. The fraction of sp³-hybridized carbons (Fsp3) is 0.667. The number of hydrogen-bond acceptors (Lipinski definition) is 4. The molecule has 0 saturated carbocycles. The number of piperidine rings is 2. The predicted octanol–water partition coefficient (Wildman–Crippen LogP) is 3.29. The van der Waals surface area contributed by atoms with Gasteiger partial charge in [-0.15, -0.1) is 0 Å². The lowest BCUT2D eigenvalue weighted by molar-refractivity contribution is 0.0622. The highest BCUT2D eigenvalue weighted by Crippen LogP contribution is 2.29. The maximum Gasteiger partial charge on any atom is 0.254 e. The van der Waals surface area contributed by atoms with Crippen LogP contribution in [0.15, 0.2) is 18.2 Å². The quantitative estimate of drug-likeness (QED) is 0.808. The molecule has 2 saturated heterocycles. The van der Waals surface area contributed by atoms with Gasteiger partial charge >= 0.3 is 0 Å². The standard InChI is InChI=1S/C21H32N2O3/c1-16-8-11-22(12-9-16)14-17-5-4-10-23(15-17)21(24)18-6-7-19(25-2)20(13-18)26-3/h6-7,13,16-17H,4-5,8-12,14-15H2,1-3H3/t17-/m0/s1. The van der Waals surface area contributed by atoms with E-state index in [1.165, 1.54) is 32.4 Å². The van der Waals surface area contributed by atoms with Gasteiger partial charge in [-0.25, -0.2) is 0 Å². The zero-order chi connectivity index (χ0) is 18.5. The maximum absolute atomic E-state index is 13.0. The van der Waals surface area contributed by atoms with Gasteiger partial charge in [-0.1, -0.05) is 6.92 Å². The van der Waals surface area contributed by atoms with Crippen molar-refractivity contribution in [2.75, 3.05) is 46.9 Å². The molecule has 2 aliphatic rings. The van der Waals surface area contributed by atoms with Gasteiger partial charge in [0.15, 0.2) is 11.5 Å². The molecule has 0 spiro atoms. The van der Waals surface area contributed by atoms with E-state index in [0.29, 0.717) is 23.0 Å². The molecule has 144 valence electrons. The number of methoxy groups -OCH3 is 2. The second kappa shape index (κ2) is 8.76. The fourth-order valence-corrected chi connectivity index (χ4v) is 4.16. The van der Waals surface area contributed by atoms with Crippen molar-refractivity contribution in [2.24, 2.45) is 11.8 Å². The Kier molecular flexibility index (Phi) is 6.41. The normalized spacial score (nSPS) is 22.3. The van der Waals surface area contributed by atoms with Gasteiger partial charge in [0.1, 0.15) is 0 Å². The maximum atomic E-state index is 13.0. The minimum atomic E-state index is 0.0999. The Labute approximate surface area is 157 Å². The molecule has 5 heteroatoms. The molecule has 0 radical (unpaired) electrons. The Morgan fingerprint density at radius 1 is 1.08 bits per heavy atom. The number of rotatable bonds is 5. The van der Waals surface area contributed by atoms with Crippen LogP contribution in [0.25, 0.3) is 0 Å². The van der Waals surface area contributed by atoms with Crippen LogP contribution in [0, 0.1) is 11.8 Å². The third kappa shape index (κ3) is 4.50. The van der Waals surface area contributed by atoms with Crippen LogP contribution >= 0.6 is 0 Å². The van der Waals surface area contributed by atoms with Crippen LogP contribution in [0.3, 0.4) is 0 Å².